The zero-order valence-electron chi connectivity index (χ0n) is 12.4. The molecule has 20 heavy (non-hydrogen) atoms. The average Bonchev–Trinajstić information content (AvgIpc) is 2.48. The number of rotatable bonds is 5. The van der Waals surface area contributed by atoms with Gasteiger partial charge in [0, 0.05) is 12.6 Å². The molecule has 1 unspecified atom stereocenters. The summed E-state index contributed by atoms with van der Waals surface area (Å²) in [5, 5.41) is 0. The van der Waals surface area contributed by atoms with Crippen molar-refractivity contribution in [2.75, 3.05) is 6.54 Å². The fourth-order valence-corrected chi connectivity index (χ4v) is 3.09. The van der Waals surface area contributed by atoms with Crippen LogP contribution in [-0.2, 0) is 11.2 Å². The average molecular weight is 274 g/mol. The summed E-state index contributed by atoms with van der Waals surface area (Å²) < 4.78 is 0. The van der Waals surface area contributed by atoms with Crippen molar-refractivity contribution >= 4 is 5.91 Å². The lowest BCUT2D eigenvalue weighted by atomic mass is 9.96. The minimum Gasteiger partial charge on any atom is -0.338 e. The third-order valence-electron chi connectivity index (χ3n) is 4.15. The highest BCUT2D eigenvalue weighted by molar-refractivity contribution is 5.82. The van der Waals surface area contributed by atoms with Crippen molar-refractivity contribution in [3.05, 3.63) is 35.9 Å². The van der Waals surface area contributed by atoms with Crippen molar-refractivity contribution in [2.24, 2.45) is 5.73 Å². The first-order chi connectivity index (χ1) is 9.72. The molecule has 1 heterocycles. The fraction of sp³-hybridized carbons (Fsp3) is 0.588. The molecule has 0 bridgehead atoms. The van der Waals surface area contributed by atoms with Crippen LogP contribution in [0.15, 0.2) is 30.3 Å². The van der Waals surface area contributed by atoms with E-state index in [1.165, 1.54) is 6.42 Å². The Labute approximate surface area is 122 Å². The molecule has 0 aromatic heterocycles. The molecule has 3 heteroatoms. The number of hydrogen-bond donors (Lipinski definition) is 1. The molecule has 1 aliphatic heterocycles. The van der Waals surface area contributed by atoms with Gasteiger partial charge in [0.15, 0.2) is 0 Å². The van der Waals surface area contributed by atoms with E-state index in [-0.39, 0.29) is 5.91 Å². The number of nitrogens with zero attached hydrogens (tertiary/aromatic N) is 1. The number of hydrogen-bond acceptors (Lipinski definition) is 2. The lowest BCUT2D eigenvalue weighted by Crippen LogP contribution is -2.51. The molecule has 1 amide bonds. The van der Waals surface area contributed by atoms with Crippen LogP contribution in [0.3, 0.4) is 0 Å². The Balaban J connectivity index is 1.97. The predicted octanol–water partition coefficient (Wildman–Crippen LogP) is 2.74. The summed E-state index contributed by atoms with van der Waals surface area (Å²) in [5.41, 5.74) is 7.28. The van der Waals surface area contributed by atoms with Gasteiger partial charge in [0.25, 0.3) is 0 Å². The molecule has 3 nitrogen and oxygen atoms in total. The summed E-state index contributed by atoms with van der Waals surface area (Å²) >= 11 is 0. The van der Waals surface area contributed by atoms with E-state index in [4.69, 9.17) is 5.73 Å². The van der Waals surface area contributed by atoms with Gasteiger partial charge in [-0.3, -0.25) is 4.79 Å². The van der Waals surface area contributed by atoms with E-state index in [0.717, 1.165) is 37.8 Å². The summed E-state index contributed by atoms with van der Waals surface area (Å²) in [7, 11) is 0. The number of likely N-dealkylation sites (tertiary alicyclic amines) is 1. The second kappa shape index (κ2) is 7.44. The van der Waals surface area contributed by atoms with Gasteiger partial charge in [-0.25, -0.2) is 0 Å². The van der Waals surface area contributed by atoms with Crippen LogP contribution in [0.2, 0.25) is 0 Å². The van der Waals surface area contributed by atoms with E-state index < -0.39 is 6.04 Å². The molecule has 1 aromatic rings. The molecule has 1 aromatic carbocycles. The zero-order chi connectivity index (χ0) is 14.4. The maximum absolute atomic E-state index is 12.6. The van der Waals surface area contributed by atoms with Gasteiger partial charge in [0.2, 0.25) is 5.91 Å². The quantitative estimate of drug-likeness (QED) is 0.897. The number of nitrogens with two attached hydrogens (primary N) is 1. The van der Waals surface area contributed by atoms with E-state index >= 15 is 0 Å². The van der Waals surface area contributed by atoms with Crippen LogP contribution >= 0.6 is 0 Å². The molecule has 1 saturated heterocycles. The Morgan fingerprint density at radius 2 is 2.10 bits per heavy atom. The van der Waals surface area contributed by atoms with Crippen LogP contribution in [0.5, 0.6) is 0 Å². The predicted molar refractivity (Wildman–Crippen MR) is 82.4 cm³/mol. The van der Waals surface area contributed by atoms with Crippen molar-refractivity contribution in [3.63, 3.8) is 0 Å². The Bertz CT molecular complexity index is 416. The van der Waals surface area contributed by atoms with E-state index in [0.29, 0.717) is 12.5 Å². The third kappa shape index (κ3) is 3.83. The Morgan fingerprint density at radius 1 is 1.35 bits per heavy atom. The highest BCUT2D eigenvalue weighted by Gasteiger charge is 2.29. The van der Waals surface area contributed by atoms with Crippen molar-refractivity contribution < 1.29 is 4.79 Å². The molecular weight excluding hydrogens is 248 g/mol. The maximum Gasteiger partial charge on any atom is 0.240 e. The van der Waals surface area contributed by atoms with Crippen molar-refractivity contribution in [1.29, 1.82) is 0 Å². The van der Waals surface area contributed by atoms with Crippen molar-refractivity contribution in [2.45, 2.75) is 57.5 Å². The second-order valence-corrected chi connectivity index (χ2v) is 5.77. The minimum atomic E-state index is -0.408. The van der Waals surface area contributed by atoms with E-state index in [9.17, 15) is 4.79 Å². The molecule has 1 fully saturated rings. The van der Waals surface area contributed by atoms with Gasteiger partial charge in [-0.2, -0.15) is 0 Å². The standard InChI is InChI=1S/C17H26N2O/c1-2-8-15-11-6-7-12-19(15)17(20)16(18)13-14-9-4-3-5-10-14/h3-5,9-10,15-16H,2,6-8,11-13,18H2,1H3/t15?,16-/m1/s1. The SMILES string of the molecule is CCCC1CCCCN1C(=O)[C@H](N)Cc1ccccc1. The van der Waals surface area contributed by atoms with Gasteiger partial charge in [-0.1, -0.05) is 43.7 Å². The van der Waals surface area contributed by atoms with E-state index in [1.54, 1.807) is 0 Å². The van der Waals surface area contributed by atoms with Crippen molar-refractivity contribution in [1.82, 2.24) is 4.90 Å². The van der Waals surface area contributed by atoms with E-state index in [1.807, 2.05) is 35.2 Å². The summed E-state index contributed by atoms with van der Waals surface area (Å²) in [6, 6.07) is 10.0. The summed E-state index contributed by atoms with van der Waals surface area (Å²) in [6.07, 6.45) is 6.35. The summed E-state index contributed by atoms with van der Waals surface area (Å²) in [5.74, 6) is 0.131. The van der Waals surface area contributed by atoms with Gasteiger partial charge in [-0.15, -0.1) is 0 Å². The Hall–Kier alpha value is -1.35. The maximum atomic E-state index is 12.6. The molecule has 1 aliphatic rings. The molecule has 0 radical (unpaired) electrons. The molecule has 2 rings (SSSR count). The normalized spacial score (nSPS) is 20.7. The fourth-order valence-electron chi connectivity index (χ4n) is 3.09. The van der Waals surface area contributed by atoms with Crippen LogP contribution in [0, 0.1) is 0 Å². The molecule has 110 valence electrons. The van der Waals surface area contributed by atoms with Crippen LogP contribution < -0.4 is 5.73 Å². The van der Waals surface area contributed by atoms with Gasteiger partial charge < -0.3 is 10.6 Å². The summed E-state index contributed by atoms with van der Waals surface area (Å²) in [4.78, 5) is 14.6. The number of benzene rings is 1. The van der Waals surface area contributed by atoms with Crippen LogP contribution in [0.25, 0.3) is 0 Å². The van der Waals surface area contributed by atoms with Crippen molar-refractivity contribution in [3.8, 4) is 0 Å². The molecule has 2 atom stereocenters. The molecule has 2 N–H and O–H groups in total. The smallest absolute Gasteiger partial charge is 0.240 e. The second-order valence-electron chi connectivity index (χ2n) is 5.77. The first-order valence-electron chi connectivity index (χ1n) is 7.82. The van der Waals surface area contributed by atoms with E-state index in [2.05, 4.69) is 6.92 Å². The van der Waals surface area contributed by atoms with Gasteiger partial charge in [0.05, 0.1) is 6.04 Å². The largest absolute Gasteiger partial charge is 0.338 e. The third-order valence-corrected chi connectivity index (χ3v) is 4.15. The molecular formula is C17H26N2O. The Morgan fingerprint density at radius 3 is 2.80 bits per heavy atom. The number of carbonyl (C=O) groups is 1. The topological polar surface area (TPSA) is 46.3 Å². The zero-order valence-corrected chi connectivity index (χ0v) is 12.4. The van der Waals surface area contributed by atoms with Crippen LogP contribution in [0.1, 0.15) is 44.6 Å². The van der Waals surface area contributed by atoms with Gasteiger partial charge >= 0.3 is 0 Å². The highest BCUT2D eigenvalue weighted by Crippen LogP contribution is 2.21. The molecule has 0 aliphatic carbocycles. The van der Waals surface area contributed by atoms with Gasteiger partial charge in [-0.05, 0) is 37.7 Å². The highest BCUT2D eigenvalue weighted by atomic mass is 16.2. The number of piperidine rings is 1. The lowest BCUT2D eigenvalue weighted by Gasteiger charge is -2.37. The van der Waals surface area contributed by atoms with Gasteiger partial charge in [0.1, 0.15) is 0 Å². The van der Waals surface area contributed by atoms with Crippen LogP contribution in [0.4, 0.5) is 0 Å². The monoisotopic (exact) mass is 274 g/mol. The number of carbonyl (C=O) groups excluding carboxylic acids is 1. The first-order valence-corrected chi connectivity index (χ1v) is 7.82. The Kier molecular flexibility index (Phi) is 5.60. The lowest BCUT2D eigenvalue weighted by molar-refractivity contribution is -0.136. The molecule has 0 spiro atoms. The number of amides is 1. The minimum absolute atomic E-state index is 0.131. The summed E-state index contributed by atoms with van der Waals surface area (Å²) in [6.45, 7) is 3.06. The molecule has 0 saturated carbocycles. The first kappa shape index (κ1) is 15.0. The van der Waals surface area contributed by atoms with Crippen LogP contribution in [-0.4, -0.2) is 29.4 Å².